The number of fused-ring (bicyclic) bond motifs is 1. The lowest BCUT2D eigenvalue weighted by molar-refractivity contribution is -0.0462. The van der Waals surface area contributed by atoms with Crippen LogP contribution in [-0.4, -0.2) is 36.9 Å². The molecular weight excluding hydrogens is 284 g/mol. The Morgan fingerprint density at radius 1 is 1.47 bits per heavy atom. The zero-order valence-corrected chi connectivity index (χ0v) is 10.3. The molecule has 1 aliphatic rings. The fourth-order valence-electron chi connectivity index (χ4n) is 1.47. The fourth-order valence-corrected chi connectivity index (χ4v) is 1.73. The van der Waals surface area contributed by atoms with Crippen molar-refractivity contribution in [1.29, 1.82) is 0 Å². The van der Waals surface area contributed by atoms with E-state index in [0.717, 1.165) is 0 Å². The molecule has 2 rings (SSSR count). The maximum atomic E-state index is 12.8. The van der Waals surface area contributed by atoms with E-state index in [1.165, 1.54) is 12.1 Å². The number of aliphatic hydroxyl groups is 1. The van der Waals surface area contributed by atoms with Gasteiger partial charge >= 0.3 is 0 Å². The number of nitrogens with one attached hydrogen (secondary N) is 1. The van der Waals surface area contributed by atoms with E-state index in [2.05, 4.69) is 0 Å². The molecule has 0 radical (unpaired) electrons. The van der Waals surface area contributed by atoms with E-state index >= 15 is 0 Å². The molecule has 8 heteroatoms. The highest BCUT2D eigenvalue weighted by molar-refractivity contribution is 6.32. The van der Waals surface area contributed by atoms with E-state index in [-0.39, 0.29) is 23.1 Å². The van der Waals surface area contributed by atoms with Crippen molar-refractivity contribution < 1.29 is 28.2 Å². The lowest BCUT2D eigenvalue weighted by atomic mass is 10.2. The molecule has 0 unspecified atom stereocenters. The highest BCUT2D eigenvalue weighted by Gasteiger charge is 2.29. The summed E-state index contributed by atoms with van der Waals surface area (Å²) in [5.74, 6) is -3.51. The number of carbonyl (C=O) groups is 1. The average molecular weight is 294 g/mol. The van der Waals surface area contributed by atoms with Gasteiger partial charge in [0.25, 0.3) is 11.8 Å². The second-order valence-electron chi connectivity index (χ2n) is 3.89. The number of hydrogen-bond donors (Lipinski definition) is 2. The van der Waals surface area contributed by atoms with Gasteiger partial charge in [-0.1, -0.05) is 11.6 Å². The minimum absolute atomic E-state index is 0.0112. The van der Waals surface area contributed by atoms with Gasteiger partial charge in [0.1, 0.15) is 6.61 Å². The van der Waals surface area contributed by atoms with Crippen LogP contribution in [0.1, 0.15) is 10.4 Å². The molecule has 1 aromatic carbocycles. The topological polar surface area (TPSA) is 67.8 Å². The van der Waals surface area contributed by atoms with Gasteiger partial charge in [0.2, 0.25) is 6.79 Å². The van der Waals surface area contributed by atoms with Crippen LogP contribution in [0.15, 0.2) is 12.1 Å². The summed E-state index contributed by atoms with van der Waals surface area (Å²) in [6.45, 7) is -2.31. The number of halogens is 3. The van der Waals surface area contributed by atoms with Crippen molar-refractivity contribution in [1.82, 2.24) is 5.32 Å². The Morgan fingerprint density at radius 3 is 2.89 bits per heavy atom. The number of alkyl halides is 2. The first-order valence-electron chi connectivity index (χ1n) is 5.29. The Bertz CT molecular complexity index is 510. The van der Waals surface area contributed by atoms with Gasteiger partial charge in [0, 0.05) is 5.56 Å². The number of hydrogen-bond acceptors (Lipinski definition) is 4. The molecule has 5 nitrogen and oxygen atoms in total. The molecule has 1 heterocycles. The number of amides is 1. The maximum absolute atomic E-state index is 12.8. The second kappa shape index (κ2) is 5.18. The van der Waals surface area contributed by atoms with Crippen LogP contribution in [0.5, 0.6) is 11.5 Å². The summed E-state index contributed by atoms with van der Waals surface area (Å²) in [5, 5.41) is 10.6. The van der Waals surface area contributed by atoms with Crippen molar-refractivity contribution in [3.05, 3.63) is 22.7 Å². The summed E-state index contributed by atoms with van der Waals surface area (Å²) in [7, 11) is 0. The molecule has 1 amide bonds. The molecule has 104 valence electrons. The number of ether oxygens (including phenoxy) is 2. The van der Waals surface area contributed by atoms with Crippen LogP contribution in [0, 0.1) is 0 Å². The van der Waals surface area contributed by atoms with Gasteiger partial charge in [-0.2, -0.15) is 0 Å². The van der Waals surface area contributed by atoms with Crippen molar-refractivity contribution in [2.24, 2.45) is 0 Å². The Morgan fingerprint density at radius 2 is 2.21 bits per heavy atom. The zero-order chi connectivity index (χ0) is 14.0. The molecule has 0 bridgehead atoms. The molecule has 0 saturated heterocycles. The number of benzene rings is 1. The summed E-state index contributed by atoms with van der Waals surface area (Å²) in [6, 6.07) is 2.64. The third-order valence-electron chi connectivity index (χ3n) is 2.43. The summed E-state index contributed by atoms with van der Waals surface area (Å²) in [4.78, 5) is 11.7. The second-order valence-corrected chi connectivity index (χ2v) is 4.30. The molecule has 19 heavy (non-hydrogen) atoms. The average Bonchev–Trinajstić information content (AvgIpc) is 2.85. The van der Waals surface area contributed by atoms with Crippen LogP contribution in [0.4, 0.5) is 8.78 Å². The van der Waals surface area contributed by atoms with E-state index in [4.69, 9.17) is 26.2 Å². The largest absolute Gasteiger partial charge is 0.454 e. The standard InChI is InChI=1S/C11H10ClF2NO4/c12-7-1-6(2-8-9(7)19-5-18-8)10(17)15-3-11(13,14)4-16/h1-2,16H,3-5H2,(H,15,17). The lowest BCUT2D eigenvalue weighted by Gasteiger charge is -2.14. The Hall–Kier alpha value is -1.60. The molecule has 1 aliphatic heterocycles. The molecule has 0 aromatic heterocycles. The van der Waals surface area contributed by atoms with Gasteiger partial charge in [-0.25, -0.2) is 8.78 Å². The Kier molecular flexibility index (Phi) is 3.77. The first-order valence-corrected chi connectivity index (χ1v) is 5.67. The predicted octanol–water partition coefficient (Wildman–Crippen LogP) is 1.43. The molecule has 2 N–H and O–H groups in total. The smallest absolute Gasteiger partial charge is 0.287 e. The number of carbonyl (C=O) groups excluding carboxylic acids is 1. The van der Waals surface area contributed by atoms with Gasteiger partial charge < -0.3 is 19.9 Å². The van der Waals surface area contributed by atoms with Crippen LogP contribution < -0.4 is 14.8 Å². The Labute approximate surface area is 112 Å². The van der Waals surface area contributed by atoms with E-state index in [0.29, 0.717) is 5.75 Å². The van der Waals surface area contributed by atoms with E-state index in [9.17, 15) is 13.6 Å². The fraction of sp³-hybridized carbons (Fsp3) is 0.364. The molecule has 0 fully saturated rings. The molecule has 1 aromatic rings. The third-order valence-corrected chi connectivity index (χ3v) is 2.71. The molecule has 0 saturated carbocycles. The van der Waals surface area contributed by atoms with Crippen LogP contribution in [0.3, 0.4) is 0 Å². The normalized spacial score (nSPS) is 13.5. The summed E-state index contributed by atoms with van der Waals surface area (Å²) >= 11 is 5.86. The molecular formula is C11H10ClF2NO4. The SMILES string of the molecule is O=C(NCC(F)(F)CO)c1cc(Cl)c2c(c1)OCO2. The molecule has 0 atom stereocenters. The monoisotopic (exact) mass is 293 g/mol. The summed E-state index contributed by atoms with van der Waals surface area (Å²) < 4.78 is 35.7. The lowest BCUT2D eigenvalue weighted by Crippen LogP contribution is -2.38. The van der Waals surface area contributed by atoms with Gasteiger partial charge in [-0.05, 0) is 12.1 Å². The maximum Gasteiger partial charge on any atom is 0.287 e. The quantitative estimate of drug-likeness (QED) is 0.881. The third kappa shape index (κ3) is 3.05. The molecule has 0 aliphatic carbocycles. The van der Waals surface area contributed by atoms with Crippen LogP contribution in [0.25, 0.3) is 0 Å². The first kappa shape index (κ1) is 13.8. The highest BCUT2D eigenvalue weighted by atomic mass is 35.5. The van der Waals surface area contributed by atoms with E-state index in [1.807, 2.05) is 5.32 Å². The van der Waals surface area contributed by atoms with Crippen molar-refractivity contribution in [2.75, 3.05) is 19.9 Å². The molecule has 0 spiro atoms. The summed E-state index contributed by atoms with van der Waals surface area (Å²) in [5.41, 5.74) is 0.0722. The van der Waals surface area contributed by atoms with Crippen LogP contribution in [0.2, 0.25) is 5.02 Å². The van der Waals surface area contributed by atoms with Gasteiger partial charge in [-0.3, -0.25) is 4.79 Å². The first-order chi connectivity index (χ1) is 8.93. The Balaban J connectivity index is 2.10. The number of rotatable bonds is 4. The minimum Gasteiger partial charge on any atom is -0.454 e. The van der Waals surface area contributed by atoms with Crippen LogP contribution in [-0.2, 0) is 0 Å². The summed E-state index contributed by atoms with van der Waals surface area (Å²) in [6.07, 6.45) is 0. The van der Waals surface area contributed by atoms with Gasteiger partial charge in [0.05, 0.1) is 11.6 Å². The highest BCUT2D eigenvalue weighted by Crippen LogP contribution is 2.39. The zero-order valence-electron chi connectivity index (χ0n) is 9.58. The van der Waals surface area contributed by atoms with Crippen molar-refractivity contribution in [2.45, 2.75) is 5.92 Å². The van der Waals surface area contributed by atoms with Gasteiger partial charge in [-0.15, -0.1) is 0 Å². The van der Waals surface area contributed by atoms with Crippen molar-refractivity contribution in [3.8, 4) is 11.5 Å². The number of aliphatic hydroxyl groups excluding tert-OH is 1. The minimum atomic E-state index is -3.37. The predicted molar refractivity (Wildman–Crippen MR) is 61.9 cm³/mol. The van der Waals surface area contributed by atoms with Crippen molar-refractivity contribution >= 4 is 17.5 Å². The van der Waals surface area contributed by atoms with E-state index < -0.39 is 25.0 Å². The van der Waals surface area contributed by atoms with Gasteiger partial charge in [0.15, 0.2) is 11.5 Å². The van der Waals surface area contributed by atoms with Crippen molar-refractivity contribution in [3.63, 3.8) is 0 Å². The van der Waals surface area contributed by atoms with Crippen LogP contribution >= 0.6 is 11.6 Å². The van der Waals surface area contributed by atoms with E-state index in [1.54, 1.807) is 0 Å².